The highest BCUT2D eigenvalue weighted by Gasteiger charge is 2.10. The maximum absolute atomic E-state index is 11.3. The average molecular weight is 212 g/mol. The van der Waals surface area contributed by atoms with Crippen molar-refractivity contribution in [3.05, 3.63) is 0 Å². The van der Waals surface area contributed by atoms with E-state index in [1.165, 1.54) is 0 Å². The number of nitrogens with two attached hydrogens (primary N) is 1. The van der Waals surface area contributed by atoms with E-state index in [9.17, 15) is 4.79 Å². The number of hydrogen-bond donors (Lipinski definition) is 2. The molecule has 4 heteroatoms. The molecular formula is C11H20N2O2. The van der Waals surface area contributed by atoms with Gasteiger partial charge in [-0.1, -0.05) is 0 Å². The van der Waals surface area contributed by atoms with Gasteiger partial charge in [-0.05, 0) is 12.8 Å². The first-order valence-corrected chi connectivity index (χ1v) is 5.17. The third-order valence-electron chi connectivity index (χ3n) is 2.08. The Bertz CT molecular complexity index is 207. The number of unbranched alkanes of at least 4 members (excludes halogenated alkanes) is 2. The minimum atomic E-state index is -0.185. The first-order valence-electron chi connectivity index (χ1n) is 5.17. The molecule has 3 N–H and O–H groups in total. The van der Waals surface area contributed by atoms with Gasteiger partial charge >= 0.3 is 0 Å². The number of nitrogens with one attached hydrogen (secondary N) is 1. The molecule has 0 saturated carbocycles. The van der Waals surface area contributed by atoms with Gasteiger partial charge in [0.15, 0.2) is 0 Å². The van der Waals surface area contributed by atoms with Crippen molar-refractivity contribution in [2.45, 2.75) is 31.8 Å². The Morgan fingerprint density at radius 3 is 2.87 bits per heavy atom. The summed E-state index contributed by atoms with van der Waals surface area (Å²) in [6, 6.07) is 0. The molecular weight excluding hydrogens is 192 g/mol. The molecule has 0 aromatic rings. The normalized spacial score (nSPS) is 11.8. The zero-order valence-corrected chi connectivity index (χ0v) is 9.29. The number of rotatable bonds is 8. The minimum absolute atomic E-state index is 0.0204. The van der Waals surface area contributed by atoms with Crippen molar-refractivity contribution in [3.8, 4) is 12.3 Å². The van der Waals surface area contributed by atoms with Gasteiger partial charge < -0.3 is 15.8 Å². The van der Waals surface area contributed by atoms with Gasteiger partial charge in [0, 0.05) is 26.6 Å². The van der Waals surface area contributed by atoms with Crippen molar-refractivity contribution >= 4 is 5.91 Å². The Morgan fingerprint density at radius 1 is 1.60 bits per heavy atom. The van der Waals surface area contributed by atoms with Crippen LogP contribution in [0.2, 0.25) is 0 Å². The number of methoxy groups -OCH3 is 1. The summed E-state index contributed by atoms with van der Waals surface area (Å²) in [5.74, 6) is 2.54. The molecule has 0 rings (SSSR count). The fourth-order valence-electron chi connectivity index (χ4n) is 1.12. The number of carbonyl (C=O) groups excluding carboxylic acids is 1. The molecule has 0 aliphatic carbocycles. The standard InChI is InChI=1S/C11H20N2O2/c1-3-4-5-6-7-13-11(14)8-10(9-12)15-2/h1,10H,4-9,12H2,2H3,(H,13,14). The van der Waals surface area contributed by atoms with Crippen LogP contribution in [0.5, 0.6) is 0 Å². The highest BCUT2D eigenvalue weighted by molar-refractivity contribution is 5.76. The van der Waals surface area contributed by atoms with E-state index >= 15 is 0 Å². The van der Waals surface area contributed by atoms with Gasteiger partial charge in [-0.15, -0.1) is 12.3 Å². The summed E-state index contributed by atoms with van der Waals surface area (Å²) in [7, 11) is 1.55. The second-order valence-corrected chi connectivity index (χ2v) is 3.31. The Balaban J connectivity index is 3.45. The van der Waals surface area contributed by atoms with E-state index in [2.05, 4.69) is 11.2 Å². The fourth-order valence-corrected chi connectivity index (χ4v) is 1.12. The van der Waals surface area contributed by atoms with E-state index in [1.807, 2.05) is 0 Å². The summed E-state index contributed by atoms with van der Waals surface area (Å²) < 4.78 is 5.00. The monoisotopic (exact) mass is 212 g/mol. The topological polar surface area (TPSA) is 64.4 Å². The van der Waals surface area contributed by atoms with Crippen molar-refractivity contribution < 1.29 is 9.53 Å². The summed E-state index contributed by atoms with van der Waals surface area (Å²) in [5.41, 5.74) is 5.40. The largest absolute Gasteiger partial charge is 0.380 e. The van der Waals surface area contributed by atoms with Gasteiger partial charge in [0.25, 0.3) is 0 Å². The van der Waals surface area contributed by atoms with Crippen molar-refractivity contribution in [2.24, 2.45) is 5.73 Å². The van der Waals surface area contributed by atoms with E-state index in [0.29, 0.717) is 19.5 Å². The van der Waals surface area contributed by atoms with Gasteiger partial charge in [0.1, 0.15) is 0 Å². The Kier molecular flexibility index (Phi) is 8.84. The lowest BCUT2D eigenvalue weighted by molar-refractivity contribution is -0.123. The molecule has 0 aliphatic heterocycles. The molecule has 0 fully saturated rings. The van der Waals surface area contributed by atoms with E-state index in [4.69, 9.17) is 16.9 Å². The zero-order chi connectivity index (χ0) is 11.5. The van der Waals surface area contributed by atoms with Crippen LogP contribution in [-0.2, 0) is 9.53 Å². The lowest BCUT2D eigenvalue weighted by Crippen LogP contribution is -2.32. The molecule has 4 nitrogen and oxygen atoms in total. The smallest absolute Gasteiger partial charge is 0.222 e. The number of amides is 1. The van der Waals surface area contributed by atoms with Gasteiger partial charge in [-0.3, -0.25) is 4.79 Å². The molecule has 1 unspecified atom stereocenters. The average Bonchev–Trinajstić information content (AvgIpc) is 2.25. The van der Waals surface area contributed by atoms with E-state index < -0.39 is 0 Å². The lowest BCUT2D eigenvalue weighted by atomic mass is 10.2. The Hall–Kier alpha value is -1.05. The summed E-state index contributed by atoms with van der Waals surface area (Å²) in [4.78, 5) is 11.3. The highest BCUT2D eigenvalue weighted by atomic mass is 16.5. The van der Waals surface area contributed by atoms with Crippen LogP contribution >= 0.6 is 0 Å². The van der Waals surface area contributed by atoms with Crippen LogP contribution < -0.4 is 11.1 Å². The molecule has 0 aliphatic rings. The van der Waals surface area contributed by atoms with Crippen LogP contribution in [0.4, 0.5) is 0 Å². The quantitative estimate of drug-likeness (QED) is 0.448. The highest BCUT2D eigenvalue weighted by Crippen LogP contribution is 1.95. The number of carbonyl (C=O) groups is 1. The number of ether oxygens (including phenoxy) is 1. The summed E-state index contributed by atoms with van der Waals surface area (Å²) in [6.45, 7) is 1.03. The molecule has 0 radical (unpaired) electrons. The Labute approximate surface area is 91.6 Å². The SMILES string of the molecule is C#CCCCCNC(=O)CC(CN)OC. The molecule has 0 aromatic heterocycles. The predicted octanol–water partition coefficient (Wildman–Crippen LogP) is 0.270. The second-order valence-electron chi connectivity index (χ2n) is 3.31. The van der Waals surface area contributed by atoms with Crippen LogP contribution in [0.25, 0.3) is 0 Å². The molecule has 0 aromatic carbocycles. The van der Waals surface area contributed by atoms with Crippen LogP contribution in [-0.4, -0.2) is 32.2 Å². The lowest BCUT2D eigenvalue weighted by Gasteiger charge is -2.12. The predicted molar refractivity (Wildman–Crippen MR) is 60.2 cm³/mol. The summed E-state index contributed by atoms with van der Waals surface area (Å²) >= 11 is 0. The van der Waals surface area contributed by atoms with Gasteiger partial charge in [0.05, 0.1) is 12.5 Å². The first-order chi connectivity index (χ1) is 7.24. The third-order valence-corrected chi connectivity index (χ3v) is 2.08. The van der Waals surface area contributed by atoms with Crippen molar-refractivity contribution in [1.29, 1.82) is 0 Å². The number of terminal acetylenes is 1. The first kappa shape index (κ1) is 13.9. The third kappa shape index (κ3) is 7.98. The van der Waals surface area contributed by atoms with Crippen LogP contribution in [0.1, 0.15) is 25.7 Å². The minimum Gasteiger partial charge on any atom is -0.380 e. The van der Waals surface area contributed by atoms with E-state index in [0.717, 1.165) is 19.3 Å². The molecule has 1 atom stereocenters. The molecule has 86 valence electrons. The summed E-state index contributed by atoms with van der Waals surface area (Å²) in [6.07, 6.45) is 7.86. The van der Waals surface area contributed by atoms with Crippen molar-refractivity contribution in [1.82, 2.24) is 5.32 Å². The molecule has 0 spiro atoms. The molecule has 15 heavy (non-hydrogen) atoms. The van der Waals surface area contributed by atoms with Crippen LogP contribution in [0, 0.1) is 12.3 Å². The second kappa shape index (κ2) is 9.50. The zero-order valence-electron chi connectivity index (χ0n) is 9.29. The molecule has 1 amide bonds. The number of hydrogen-bond acceptors (Lipinski definition) is 3. The maximum Gasteiger partial charge on any atom is 0.222 e. The molecule has 0 saturated heterocycles. The van der Waals surface area contributed by atoms with Crippen molar-refractivity contribution in [3.63, 3.8) is 0 Å². The molecule has 0 heterocycles. The summed E-state index contributed by atoms with van der Waals surface area (Å²) in [5, 5.41) is 2.80. The van der Waals surface area contributed by atoms with Gasteiger partial charge in [-0.2, -0.15) is 0 Å². The maximum atomic E-state index is 11.3. The Morgan fingerprint density at radius 2 is 2.33 bits per heavy atom. The van der Waals surface area contributed by atoms with Gasteiger partial charge in [0.2, 0.25) is 5.91 Å². The van der Waals surface area contributed by atoms with E-state index in [-0.39, 0.29) is 12.0 Å². The van der Waals surface area contributed by atoms with Gasteiger partial charge in [-0.25, -0.2) is 0 Å². The van der Waals surface area contributed by atoms with Crippen molar-refractivity contribution in [2.75, 3.05) is 20.2 Å². The van der Waals surface area contributed by atoms with Crippen LogP contribution in [0.15, 0.2) is 0 Å². The van der Waals surface area contributed by atoms with E-state index in [1.54, 1.807) is 7.11 Å². The molecule has 0 bridgehead atoms. The fraction of sp³-hybridized carbons (Fsp3) is 0.727. The van der Waals surface area contributed by atoms with Crippen LogP contribution in [0.3, 0.4) is 0 Å².